The summed E-state index contributed by atoms with van der Waals surface area (Å²) in [5.74, 6) is 0.913. The van der Waals surface area contributed by atoms with Gasteiger partial charge in [-0.2, -0.15) is 5.10 Å². The number of pyridine rings is 1. The molecule has 1 N–H and O–H groups in total. The van der Waals surface area contributed by atoms with Gasteiger partial charge >= 0.3 is 0 Å². The number of nitrogens with zero attached hydrogens (tertiary/aromatic N) is 4. The molecular formula is C16H21N5. The molecule has 3 rings (SSSR count). The van der Waals surface area contributed by atoms with Crippen LogP contribution in [0.25, 0.3) is 11.5 Å². The predicted molar refractivity (Wildman–Crippen MR) is 83.9 cm³/mol. The van der Waals surface area contributed by atoms with Crippen molar-refractivity contribution in [1.29, 1.82) is 0 Å². The van der Waals surface area contributed by atoms with Crippen molar-refractivity contribution in [3.05, 3.63) is 47.0 Å². The summed E-state index contributed by atoms with van der Waals surface area (Å²) in [7, 11) is 0. The third-order valence-electron chi connectivity index (χ3n) is 4.00. The number of aromatic nitrogens is 4. The lowest BCUT2D eigenvalue weighted by molar-refractivity contribution is 0.691. The van der Waals surface area contributed by atoms with E-state index in [1.807, 2.05) is 29.8 Å². The van der Waals surface area contributed by atoms with Crippen LogP contribution in [-0.2, 0) is 6.54 Å². The van der Waals surface area contributed by atoms with Crippen molar-refractivity contribution in [2.24, 2.45) is 0 Å². The zero-order valence-corrected chi connectivity index (χ0v) is 13.0. The summed E-state index contributed by atoms with van der Waals surface area (Å²) in [6.07, 6.45) is 2.05. The molecular weight excluding hydrogens is 262 g/mol. The molecule has 3 heterocycles. The van der Waals surface area contributed by atoms with Crippen LogP contribution < -0.4 is 5.32 Å². The Morgan fingerprint density at radius 1 is 1.19 bits per heavy atom. The van der Waals surface area contributed by atoms with Crippen molar-refractivity contribution < 1.29 is 0 Å². The van der Waals surface area contributed by atoms with Crippen LogP contribution in [0.2, 0.25) is 0 Å². The summed E-state index contributed by atoms with van der Waals surface area (Å²) in [6, 6.07) is 6.06. The average Bonchev–Trinajstić information content (AvgIpc) is 2.98. The van der Waals surface area contributed by atoms with E-state index in [9.17, 15) is 0 Å². The molecule has 0 amide bonds. The number of hydrogen-bond acceptors (Lipinski definition) is 3. The van der Waals surface area contributed by atoms with Crippen molar-refractivity contribution in [1.82, 2.24) is 24.5 Å². The number of rotatable bonds is 4. The highest BCUT2D eigenvalue weighted by atomic mass is 15.3. The smallest absolute Gasteiger partial charge is 0.177 e. The van der Waals surface area contributed by atoms with Gasteiger partial charge in [-0.25, -0.2) is 9.67 Å². The molecule has 0 atom stereocenters. The summed E-state index contributed by atoms with van der Waals surface area (Å²) in [6.45, 7) is 10.0. The van der Waals surface area contributed by atoms with E-state index in [2.05, 4.69) is 41.8 Å². The first-order chi connectivity index (χ1) is 10.1. The van der Waals surface area contributed by atoms with E-state index in [0.29, 0.717) is 0 Å². The molecule has 0 bridgehead atoms. The highest BCUT2D eigenvalue weighted by molar-refractivity contribution is 5.49. The average molecular weight is 283 g/mol. The molecule has 0 aliphatic carbocycles. The maximum atomic E-state index is 4.77. The van der Waals surface area contributed by atoms with E-state index in [-0.39, 0.29) is 0 Å². The van der Waals surface area contributed by atoms with Gasteiger partial charge in [0.15, 0.2) is 5.82 Å². The molecule has 3 aromatic rings. The minimum atomic E-state index is 0.772. The predicted octanol–water partition coefficient (Wildman–Crippen LogP) is 2.55. The van der Waals surface area contributed by atoms with E-state index in [0.717, 1.165) is 41.6 Å². The lowest BCUT2D eigenvalue weighted by Gasteiger charge is -2.07. The van der Waals surface area contributed by atoms with Crippen molar-refractivity contribution in [3.63, 3.8) is 0 Å². The van der Waals surface area contributed by atoms with Crippen LogP contribution in [0.5, 0.6) is 0 Å². The van der Waals surface area contributed by atoms with Gasteiger partial charge < -0.3 is 9.72 Å². The largest absolute Gasteiger partial charge is 0.311 e. The van der Waals surface area contributed by atoms with E-state index in [1.165, 1.54) is 5.56 Å². The maximum Gasteiger partial charge on any atom is 0.177 e. The quantitative estimate of drug-likeness (QED) is 0.800. The number of aryl methyl sites for hydroxylation is 1. The van der Waals surface area contributed by atoms with Crippen molar-refractivity contribution in [3.8, 4) is 5.82 Å². The van der Waals surface area contributed by atoms with Gasteiger partial charge in [0.05, 0.1) is 11.4 Å². The summed E-state index contributed by atoms with van der Waals surface area (Å²) in [5.41, 5.74) is 5.51. The number of nitrogens with one attached hydrogen (secondary N) is 1. The van der Waals surface area contributed by atoms with Crippen LogP contribution in [-0.4, -0.2) is 25.7 Å². The molecule has 110 valence electrons. The molecule has 3 aromatic heterocycles. The summed E-state index contributed by atoms with van der Waals surface area (Å²) < 4.78 is 4.09. The molecule has 21 heavy (non-hydrogen) atoms. The van der Waals surface area contributed by atoms with E-state index < -0.39 is 0 Å². The highest BCUT2D eigenvalue weighted by Crippen LogP contribution is 2.21. The Hall–Kier alpha value is -2.14. The Kier molecular flexibility index (Phi) is 3.51. The SMILES string of the molecule is CCNCc1c(-n2nc(C)c(C)c2C)nc2ccccn12. The van der Waals surface area contributed by atoms with Crippen LogP contribution >= 0.6 is 0 Å². The summed E-state index contributed by atoms with van der Waals surface area (Å²) in [4.78, 5) is 4.77. The summed E-state index contributed by atoms with van der Waals surface area (Å²) in [5, 5.41) is 8.05. The van der Waals surface area contributed by atoms with Crippen LogP contribution in [0.15, 0.2) is 24.4 Å². The second-order valence-corrected chi connectivity index (χ2v) is 5.30. The molecule has 5 nitrogen and oxygen atoms in total. The van der Waals surface area contributed by atoms with Gasteiger partial charge in [0.25, 0.3) is 0 Å². The lowest BCUT2D eigenvalue weighted by Crippen LogP contribution is -2.16. The summed E-state index contributed by atoms with van der Waals surface area (Å²) >= 11 is 0. The standard InChI is InChI=1S/C16H21N5/c1-5-17-10-14-16(18-15-8-6-7-9-20(14)15)21-13(4)11(2)12(3)19-21/h6-9,17H,5,10H2,1-4H3. The van der Waals surface area contributed by atoms with Gasteiger partial charge in [0.1, 0.15) is 5.65 Å². The minimum Gasteiger partial charge on any atom is -0.311 e. The van der Waals surface area contributed by atoms with E-state index >= 15 is 0 Å². The first kappa shape index (κ1) is 13.8. The third kappa shape index (κ3) is 2.23. The third-order valence-corrected chi connectivity index (χ3v) is 4.00. The zero-order valence-electron chi connectivity index (χ0n) is 13.0. The molecule has 0 radical (unpaired) electrons. The topological polar surface area (TPSA) is 47.2 Å². The van der Waals surface area contributed by atoms with Crippen LogP contribution in [0.4, 0.5) is 0 Å². The van der Waals surface area contributed by atoms with Gasteiger partial charge in [0.2, 0.25) is 0 Å². The first-order valence-corrected chi connectivity index (χ1v) is 7.33. The fourth-order valence-corrected chi connectivity index (χ4v) is 2.54. The molecule has 0 spiro atoms. The van der Waals surface area contributed by atoms with Crippen molar-refractivity contribution >= 4 is 5.65 Å². The molecule has 0 aromatic carbocycles. The second-order valence-electron chi connectivity index (χ2n) is 5.30. The Morgan fingerprint density at radius 3 is 2.67 bits per heavy atom. The molecule has 0 saturated heterocycles. The number of imidazole rings is 1. The molecule has 0 fully saturated rings. The molecule has 5 heteroatoms. The fraction of sp³-hybridized carbons (Fsp3) is 0.375. The van der Waals surface area contributed by atoms with E-state index in [4.69, 9.17) is 4.98 Å². The van der Waals surface area contributed by atoms with E-state index in [1.54, 1.807) is 0 Å². The fourth-order valence-electron chi connectivity index (χ4n) is 2.54. The Balaban J connectivity index is 2.23. The lowest BCUT2D eigenvalue weighted by atomic mass is 10.2. The monoisotopic (exact) mass is 283 g/mol. The van der Waals surface area contributed by atoms with Crippen molar-refractivity contribution in [2.45, 2.75) is 34.2 Å². The Labute approximate surface area is 124 Å². The molecule has 0 aliphatic rings. The van der Waals surface area contributed by atoms with Gasteiger partial charge in [-0.15, -0.1) is 0 Å². The second kappa shape index (κ2) is 5.33. The van der Waals surface area contributed by atoms with Gasteiger partial charge in [-0.1, -0.05) is 13.0 Å². The Bertz CT molecular complexity index is 781. The van der Waals surface area contributed by atoms with Crippen LogP contribution in [0, 0.1) is 20.8 Å². The van der Waals surface area contributed by atoms with Gasteiger partial charge in [-0.3, -0.25) is 0 Å². The number of hydrogen-bond donors (Lipinski definition) is 1. The highest BCUT2D eigenvalue weighted by Gasteiger charge is 2.17. The molecule has 0 unspecified atom stereocenters. The van der Waals surface area contributed by atoms with Crippen LogP contribution in [0.1, 0.15) is 29.6 Å². The zero-order chi connectivity index (χ0) is 15.0. The molecule has 0 aliphatic heterocycles. The van der Waals surface area contributed by atoms with Crippen LogP contribution in [0.3, 0.4) is 0 Å². The number of fused-ring (bicyclic) bond motifs is 1. The maximum absolute atomic E-state index is 4.77. The van der Waals surface area contributed by atoms with Gasteiger partial charge in [0, 0.05) is 18.4 Å². The Morgan fingerprint density at radius 2 is 2.00 bits per heavy atom. The first-order valence-electron chi connectivity index (χ1n) is 7.33. The van der Waals surface area contributed by atoms with Gasteiger partial charge in [-0.05, 0) is 45.0 Å². The minimum absolute atomic E-state index is 0.772. The normalized spacial score (nSPS) is 11.4. The molecule has 0 saturated carbocycles. The van der Waals surface area contributed by atoms with Crippen molar-refractivity contribution in [2.75, 3.05) is 6.54 Å².